The summed E-state index contributed by atoms with van der Waals surface area (Å²) in [5, 5.41) is 0. The van der Waals surface area contributed by atoms with E-state index in [1.165, 1.54) is 0 Å². The first-order chi connectivity index (χ1) is 9.18. The van der Waals surface area contributed by atoms with E-state index in [1.807, 2.05) is 26.2 Å². The minimum absolute atomic E-state index is 0.242. The highest BCUT2D eigenvalue weighted by atomic mass is 32.2. The zero-order valence-electron chi connectivity index (χ0n) is 12.3. The number of ether oxygens (including phenoxy) is 2. The molecular formula is C13H21NO5S. The van der Waals surface area contributed by atoms with Crippen LogP contribution in [-0.2, 0) is 16.7 Å². The Kier molecular flexibility index (Phi) is 5.38. The largest absolute Gasteiger partial charge is 0.748 e. The summed E-state index contributed by atoms with van der Waals surface area (Å²) in [6.45, 7) is 0.780. The molecule has 1 aromatic rings. The molecule has 1 rings (SSSR count). The van der Waals surface area contributed by atoms with Crippen molar-refractivity contribution in [1.29, 1.82) is 0 Å². The number of para-hydroxylation sites is 1. The van der Waals surface area contributed by atoms with Crippen LogP contribution in [0.1, 0.15) is 5.56 Å². The van der Waals surface area contributed by atoms with Gasteiger partial charge in [0.2, 0.25) is 0 Å². The van der Waals surface area contributed by atoms with Crippen molar-refractivity contribution in [2.24, 2.45) is 0 Å². The average Bonchev–Trinajstić information content (AvgIpc) is 2.35. The van der Waals surface area contributed by atoms with E-state index in [0.717, 1.165) is 5.56 Å². The van der Waals surface area contributed by atoms with E-state index in [4.69, 9.17) is 9.47 Å². The highest BCUT2D eigenvalue weighted by molar-refractivity contribution is 7.85. The van der Waals surface area contributed by atoms with Crippen molar-refractivity contribution in [3.05, 3.63) is 23.8 Å². The molecule has 0 N–H and O–H groups in total. The van der Waals surface area contributed by atoms with Gasteiger partial charge in [-0.25, -0.2) is 8.42 Å². The Hall–Kier alpha value is -1.31. The van der Waals surface area contributed by atoms with Gasteiger partial charge in [-0.15, -0.1) is 0 Å². The van der Waals surface area contributed by atoms with Gasteiger partial charge in [0.1, 0.15) is 16.7 Å². The van der Waals surface area contributed by atoms with Crippen LogP contribution in [0.5, 0.6) is 11.5 Å². The SMILES string of the molecule is COc1cccc(C[N+](C)(C)CCS(=O)(=O)[O-])c1OC. The fraction of sp³-hybridized carbons (Fsp3) is 0.538. The number of nitrogens with zero attached hydrogens (tertiary/aromatic N) is 1. The molecular weight excluding hydrogens is 282 g/mol. The Morgan fingerprint density at radius 3 is 2.35 bits per heavy atom. The first-order valence-corrected chi connectivity index (χ1v) is 7.72. The molecule has 0 aromatic heterocycles. The second-order valence-corrected chi connectivity index (χ2v) is 6.76. The lowest BCUT2D eigenvalue weighted by molar-refractivity contribution is -0.901. The van der Waals surface area contributed by atoms with Crippen molar-refractivity contribution in [2.45, 2.75) is 6.54 Å². The molecule has 0 aliphatic rings. The van der Waals surface area contributed by atoms with Gasteiger partial charge in [0, 0.05) is 0 Å². The third kappa shape index (κ3) is 4.99. The minimum Gasteiger partial charge on any atom is -0.748 e. The van der Waals surface area contributed by atoms with Gasteiger partial charge < -0.3 is 18.5 Å². The van der Waals surface area contributed by atoms with Crippen LogP contribution >= 0.6 is 0 Å². The summed E-state index contributed by atoms with van der Waals surface area (Å²) in [6, 6.07) is 5.54. The van der Waals surface area contributed by atoms with E-state index in [1.54, 1.807) is 20.3 Å². The lowest BCUT2D eigenvalue weighted by Gasteiger charge is -2.31. The highest BCUT2D eigenvalue weighted by Crippen LogP contribution is 2.32. The number of hydrogen-bond acceptors (Lipinski definition) is 5. The van der Waals surface area contributed by atoms with E-state index in [0.29, 0.717) is 22.5 Å². The molecule has 20 heavy (non-hydrogen) atoms. The van der Waals surface area contributed by atoms with Gasteiger partial charge in [-0.3, -0.25) is 0 Å². The first-order valence-electron chi connectivity index (χ1n) is 6.14. The van der Waals surface area contributed by atoms with Crippen molar-refractivity contribution in [3.63, 3.8) is 0 Å². The van der Waals surface area contributed by atoms with Gasteiger partial charge in [0.15, 0.2) is 11.5 Å². The fourth-order valence-electron chi connectivity index (χ4n) is 1.98. The van der Waals surface area contributed by atoms with E-state index < -0.39 is 10.1 Å². The van der Waals surface area contributed by atoms with Crippen molar-refractivity contribution in [2.75, 3.05) is 40.6 Å². The summed E-state index contributed by atoms with van der Waals surface area (Å²) < 4.78 is 43.2. The van der Waals surface area contributed by atoms with Crippen molar-refractivity contribution < 1.29 is 26.9 Å². The number of quaternary nitrogens is 1. The molecule has 0 unspecified atom stereocenters. The normalized spacial score (nSPS) is 12.2. The van der Waals surface area contributed by atoms with Crippen LogP contribution in [0.3, 0.4) is 0 Å². The summed E-state index contributed by atoms with van der Waals surface area (Å²) >= 11 is 0. The van der Waals surface area contributed by atoms with Crippen molar-refractivity contribution >= 4 is 10.1 Å². The van der Waals surface area contributed by atoms with Crippen LogP contribution in [0.15, 0.2) is 18.2 Å². The van der Waals surface area contributed by atoms with E-state index in [-0.39, 0.29) is 12.3 Å². The van der Waals surface area contributed by atoms with Gasteiger partial charge in [-0.1, -0.05) is 6.07 Å². The molecule has 7 heteroatoms. The van der Waals surface area contributed by atoms with Gasteiger partial charge in [-0.2, -0.15) is 0 Å². The lowest BCUT2D eigenvalue weighted by atomic mass is 10.1. The third-order valence-electron chi connectivity index (χ3n) is 3.03. The molecule has 0 radical (unpaired) electrons. The maximum Gasteiger partial charge on any atom is 0.169 e. The third-order valence-corrected chi connectivity index (χ3v) is 3.71. The summed E-state index contributed by atoms with van der Waals surface area (Å²) in [7, 11) is 2.65. The Bertz CT molecular complexity index is 554. The Morgan fingerprint density at radius 2 is 1.85 bits per heavy atom. The van der Waals surface area contributed by atoms with Crippen LogP contribution in [0.25, 0.3) is 0 Å². The summed E-state index contributed by atoms with van der Waals surface area (Å²) in [5.41, 5.74) is 0.903. The highest BCUT2D eigenvalue weighted by Gasteiger charge is 2.21. The number of rotatable bonds is 7. The molecule has 0 aliphatic carbocycles. The van der Waals surface area contributed by atoms with Crippen LogP contribution < -0.4 is 9.47 Å². The number of benzene rings is 1. The van der Waals surface area contributed by atoms with Gasteiger partial charge >= 0.3 is 0 Å². The molecule has 0 heterocycles. The second-order valence-electron chi connectivity index (χ2n) is 5.23. The maximum absolute atomic E-state index is 10.7. The van der Waals surface area contributed by atoms with Crippen LogP contribution in [-0.4, -0.2) is 58.1 Å². The zero-order valence-corrected chi connectivity index (χ0v) is 13.1. The monoisotopic (exact) mass is 303 g/mol. The van der Waals surface area contributed by atoms with Crippen LogP contribution in [0, 0.1) is 0 Å². The molecule has 0 bridgehead atoms. The fourth-order valence-corrected chi connectivity index (χ4v) is 2.70. The van der Waals surface area contributed by atoms with Crippen LogP contribution in [0.4, 0.5) is 0 Å². The molecule has 0 amide bonds. The molecule has 0 atom stereocenters. The maximum atomic E-state index is 10.7. The predicted octanol–water partition coefficient (Wildman–Crippen LogP) is 0.825. The average molecular weight is 303 g/mol. The van der Waals surface area contributed by atoms with Crippen molar-refractivity contribution in [1.82, 2.24) is 0 Å². The molecule has 6 nitrogen and oxygen atoms in total. The standard InChI is InChI=1S/C13H21NO5S/c1-14(2,8-9-20(15,16)17)10-11-6-5-7-12(18-3)13(11)19-4/h5-7H,8-10H2,1-4H3. The predicted molar refractivity (Wildman–Crippen MR) is 74.8 cm³/mol. The molecule has 0 spiro atoms. The van der Waals surface area contributed by atoms with E-state index >= 15 is 0 Å². The minimum atomic E-state index is -4.20. The topological polar surface area (TPSA) is 75.7 Å². The second kappa shape index (κ2) is 6.43. The molecule has 1 aromatic carbocycles. The zero-order chi connectivity index (χ0) is 15.4. The number of hydrogen-bond donors (Lipinski definition) is 0. The Morgan fingerprint density at radius 1 is 1.20 bits per heavy atom. The first kappa shape index (κ1) is 16.7. The molecule has 0 fully saturated rings. The quantitative estimate of drug-likeness (QED) is 0.551. The molecule has 114 valence electrons. The van der Waals surface area contributed by atoms with E-state index in [9.17, 15) is 13.0 Å². The van der Waals surface area contributed by atoms with Gasteiger partial charge in [-0.05, 0) is 12.1 Å². The Labute approximate surface area is 120 Å². The van der Waals surface area contributed by atoms with Crippen molar-refractivity contribution in [3.8, 4) is 11.5 Å². The Balaban J connectivity index is 2.91. The molecule has 0 saturated heterocycles. The summed E-state index contributed by atoms with van der Waals surface area (Å²) in [6.07, 6.45) is 0. The van der Waals surface area contributed by atoms with E-state index in [2.05, 4.69) is 0 Å². The number of methoxy groups -OCH3 is 2. The van der Waals surface area contributed by atoms with Crippen LogP contribution in [0.2, 0.25) is 0 Å². The summed E-state index contributed by atoms with van der Waals surface area (Å²) in [5.74, 6) is 0.874. The lowest BCUT2D eigenvalue weighted by Crippen LogP contribution is -2.42. The molecule has 0 saturated carbocycles. The van der Waals surface area contributed by atoms with Gasteiger partial charge in [0.25, 0.3) is 0 Å². The summed E-state index contributed by atoms with van der Waals surface area (Å²) in [4.78, 5) is 0. The smallest absolute Gasteiger partial charge is 0.169 e. The van der Waals surface area contributed by atoms with Gasteiger partial charge in [0.05, 0.1) is 46.2 Å². The molecule has 0 aliphatic heterocycles.